The number of hydrogen-bond acceptors (Lipinski definition) is 3. The highest BCUT2D eigenvalue weighted by molar-refractivity contribution is 5.01. The standard InChI is InChI=1S/C10H14FN3/c11-10(8-1-3-12-4-2-8)9-7-13-5-6-14-9/h5-8,10,12H,1-4H2. The average molecular weight is 195 g/mol. The fraction of sp³-hybridized carbons (Fsp3) is 0.600. The van der Waals surface area contributed by atoms with Crippen molar-refractivity contribution in [1.29, 1.82) is 0 Å². The molecule has 76 valence electrons. The van der Waals surface area contributed by atoms with Gasteiger partial charge in [0, 0.05) is 12.4 Å². The molecule has 1 aromatic rings. The molecule has 1 aliphatic rings. The van der Waals surface area contributed by atoms with Gasteiger partial charge in [0.15, 0.2) is 0 Å². The predicted molar refractivity (Wildman–Crippen MR) is 51.5 cm³/mol. The highest BCUT2D eigenvalue weighted by Crippen LogP contribution is 2.30. The molecule has 14 heavy (non-hydrogen) atoms. The van der Waals surface area contributed by atoms with Crippen molar-refractivity contribution in [2.45, 2.75) is 19.0 Å². The lowest BCUT2D eigenvalue weighted by Crippen LogP contribution is -2.30. The van der Waals surface area contributed by atoms with Crippen LogP contribution in [0.1, 0.15) is 24.7 Å². The van der Waals surface area contributed by atoms with E-state index in [1.54, 1.807) is 12.4 Å². The molecular formula is C10H14FN3. The number of nitrogens with zero attached hydrogens (tertiary/aromatic N) is 2. The van der Waals surface area contributed by atoms with Gasteiger partial charge in [-0.1, -0.05) is 0 Å². The van der Waals surface area contributed by atoms with Crippen LogP contribution in [-0.4, -0.2) is 23.1 Å². The number of halogens is 1. The van der Waals surface area contributed by atoms with Gasteiger partial charge < -0.3 is 5.32 Å². The molecule has 1 unspecified atom stereocenters. The zero-order chi connectivity index (χ0) is 9.80. The first-order valence-electron chi connectivity index (χ1n) is 4.98. The van der Waals surface area contributed by atoms with E-state index in [-0.39, 0.29) is 5.92 Å². The van der Waals surface area contributed by atoms with E-state index in [9.17, 15) is 4.39 Å². The number of aromatic nitrogens is 2. The van der Waals surface area contributed by atoms with Crippen molar-refractivity contribution >= 4 is 0 Å². The van der Waals surface area contributed by atoms with E-state index in [4.69, 9.17) is 0 Å². The van der Waals surface area contributed by atoms with Crippen molar-refractivity contribution in [2.75, 3.05) is 13.1 Å². The molecule has 0 aliphatic carbocycles. The van der Waals surface area contributed by atoms with Crippen LogP contribution in [0.15, 0.2) is 18.6 Å². The maximum absolute atomic E-state index is 13.9. The summed E-state index contributed by atoms with van der Waals surface area (Å²) in [6.45, 7) is 1.82. The van der Waals surface area contributed by atoms with Crippen molar-refractivity contribution in [3.05, 3.63) is 24.3 Å². The zero-order valence-electron chi connectivity index (χ0n) is 7.99. The highest BCUT2D eigenvalue weighted by Gasteiger charge is 2.25. The van der Waals surface area contributed by atoms with Crippen molar-refractivity contribution in [3.8, 4) is 0 Å². The maximum Gasteiger partial charge on any atom is 0.146 e. The van der Waals surface area contributed by atoms with Crippen LogP contribution in [0.4, 0.5) is 4.39 Å². The van der Waals surface area contributed by atoms with Gasteiger partial charge in [0.25, 0.3) is 0 Å². The third-order valence-electron chi connectivity index (χ3n) is 2.66. The van der Waals surface area contributed by atoms with Gasteiger partial charge >= 0.3 is 0 Å². The molecule has 1 fully saturated rings. The van der Waals surface area contributed by atoms with Crippen LogP contribution >= 0.6 is 0 Å². The summed E-state index contributed by atoms with van der Waals surface area (Å²) >= 11 is 0. The third kappa shape index (κ3) is 2.07. The maximum atomic E-state index is 13.9. The highest BCUT2D eigenvalue weighted by atomic mass is 19.1. The Balaban J connectivity index is 2.03. The molecular weight excluding hydrogens is 181 g/mol. The molecule has 1 saturated heterocycles. The second-order valence-corrected chi connectivity index (χ2v) is 3.62. The first-order chi connectivity index (χ1) is 6.88. The van der Waals surface area contributed by atoms with Gasteiger partial charge in [-0.3, -0.25) is 9.97 Å². The Bertz CT molecular complexity index is 272. The Morgan fingerprint density at radius 3 is 2.79 bits per heavy atom. The van der Waals surface area contributed by atoms with Gasteiger partial charge in [-0.2, -0.15) is 0 Å². The van der Waals surface area contributed by atoms with Crippen LogP contribution in [0.25, 0.3) is 0 Å². The number of piperidine rings is 1. The summed E-state index contributed by atoms with van der Waals surface area (Å²) in [6, 6.07) is 0. The fourth-order valence-electron chi connectivity index (χ4n) is 1.83. The van der Waals surface area contributed by atoms with E-state index in [0.29, 0.717) is 5.69 Å². The molecule has 1 aliphatic heterocycles. The molecule has 0 amide bonds. The molecule has 0 bridgehead atoms. The van der Waals surface area contributed by atoms with Gasteiger partial charge in [-0.25, -0.2) is 4.39 Å². The van der Waals surface area contributed by atoms with Crippen LogP contribution in [0, 0.1) is 5.92 Å². The lowest BCUT2D eigenvalue weighted by atomic mass is 9.91. The second-order valence-electron chi connectivity index (χ2n) is 3.62. The van der Waals surface area contributed by atoms with E-state index >= 15 is 0 Å². The van der Waals surface area contributed by atoms with Crippen LogP contribution in [0.5, 0.6) is 0 Å². The minimum atomic E-state index is -0.953. The topological polar surface area (TPSA) is 37.8 Å². The molecule has 0 spiro atoms. The molecule has 4 heteroatoms. The second kappa shape index (κ2) is 4.46. The van der Waals surface area contributed by atoms with Gasteiger partial charge in [0.2, 0.25) is 0 Å². The molecule has 0 saturated carbocycles. The van der Waals surface area contributed by atoms with Crippen molar-refractivity contribution in [1.82, 2.24) is 15.3 Å². The van der Waals surface area contributed by atoms with Crippen LogP contribution < -0.4 is 5.32 Å². The lowest BCUT2D eigenvalue weighted by Gasteiger charge is -2.25. The number of nitrogens with one attached hydrogen (secondary N) is 1. The summed E-state index contributed by atoms with van der Waals surface area (Å²) in [5.74, 6) is 0.105. The van der Waals surface area contributed by atoms with E-state index in [0.717, 1.165) is 25.9 Å². The van der Waals surface area contributed by atoms with Crippen molar-refractivity contribution < 1.29 is 4.39 Å². The quantitative estimate of drug-likeness (QED) is 0.776. The van der Waals surface area contributed by atoms with Gasteiger partial charge in [-0.05, 0) is 31.8 Å². The molecule has 1 N–H and O–H groups in total. The Labute approximate surface area is 82.8 Å². The first-order valence-corrected chi connectivity index (χ1v) is 4.98. The van der Waals surface area contributed by atoms with Crippen LogP contribution in [-0.2, 0) is 0 Å². The Kier molecular flexibility index (Phi) is 3.03. The third-order valence-corrected chi connectivity index (χ3v) is 2.66. The van der Waals surface area contributed by atoms with Gasteiger partial charge in [0.05, 0.1) is 11.9 Å². The number of hydrogen-bond donors (Lipinski definition) is 1. The number of alkyl halides is 1. The fourth-order valence-corrected chi connectivity index (χ4v) is 1.83. The molecule has 1 aromatic heterocycles. The Hall–Kier alpha value is -1.03. The average Bonchev–Trinajstić information content (AvgIpc) is 2.30. The van der Waals surface area contributed by atoms with Crippen molar-refractivity contribution in [2.24, 2.45) is 5.92 Å². The summed E-state index contributed by atoms with van der Waals surface area (Å²) in [4.78, 5) is 7.88. The monoisotopic (exact) mass is 195 g/mol. The smallest absolute Gasteiger partial charge is 0.146 e. The van der Waals surface area contributed by atoms with Crippen LogP contribution in [0.3, 0.4) is 0 Å². The Morgan fingerprint density at radius 1 is 1.36 bits per heavy atom. The van der Waals surface area contributed by atoms with E-state index < -0.39 is 6.17 Å². The summed E-state index contributed by atoms with van der Waals surface area (Å²) in [7, 11) is 0. The van der Waals surface area contributed by atoms with E-state index in [1.165, 1.54) is 6.20 Å². The molecule has 2 rings (SSSR count). The minimum absolute atomic E-state index is 0.105. The van der Waals surface area contributed by atoms with Gasteiger partial charge in [-0.15, -0.1) is 0 Å². The largest absolute Gasteiger partial charge is 0.317 e. The lowest BCUT2D eigenvalue weighted by molar-refractivity contribution is 0.185. The molecule has 1 atom stereocenters. The SMILES string of the molecule is FC(c1cnccn1)C1CCNCC1. The van der Waals surface area contributed by atoms with E-state index in [1.807, 2.05) is 0 Å². The Morgan fingerprint density at radius 2 is 2.14 bits per heavy atom. The van der Waals surface area contributed by atoms with E-state index in [2.05, 4.69) is 15.3 Å². The molecule has 3 nitrogen and oxygen atoms in total. The summed E-state index contributed by atoms with van der Waals surface area (Å²) < 4.78 is 13.9. The normalized spacial score (nSPS) is 20.6. The molecule has 0 radical (unpaired) electrons. The summed E-state index contributed by atoms with van der Waals surface area (Å²) in [5.41, 5.74) is 0.472. The minimum Gasteiger partial charge on any atom is -0.317 e. The predicted octanol–water partition coefficient (Wildman–Crippen LogP) is 1.49. The summed E-state index contributed by atoms with van der Waals surface area (Å²) in [6.07, 6.45) is 5.45. The zero-order valence-corrected chi connectivity index (χ0v) is 7.99. The van der Waals surface area contributed by atoms with Gasteiger partial charge in [0.1, 0.15) is 6.17 Å². The number of rotatable bonds is 2. The van der Waals surface area contributed by atoms with Crippen molar-refractivity contribution in [3.63, 3.8) is 0 Å². The first kappa shape index (κ1) is 9.52. The van der Waals surface area contributed by atoms with Crippen LogP contribution in [0.2, 0.25) is 0 Å². The molecule has 0 aromatic carbocycles. The summed E-state index contributed by atoms with van der Waals surface area (Å²) in [5, 5.41) is 3.22. The molecule has 2 heterocycles.